The molecule has 0 N–H and O–H groups in total. The highest BCUT2D eigenvalue weighted by Crippen LogP contribution is 2.38. The minimum atomic E-state index is 0.169. The predicted octanol–water partition coefficient (Wildman–Crippen LogP) is 3.16. The van der Waals surface area contributed by atoms with Crippen molar-refractivity contribution in [2.45, 2.75) is 45.1 Å². The number of hydrogen-bond acceptors (Lipinski definition) is 2. The lowest BCUT2D eigenvalue weighted by atomic mass is 9.77. The monoisotopic (exact) mass is 217 g/mol. The molecule has 3 atom stereocenters. The molecular weight excluding hydrogens is 198 g/mol. The van der Waals surface area contributed by atoms with Gasteiger partial charge >= 0.3 is 0 Å². The summed E-state index contributed by atoms with van der Waals surface area (Å²) >= 11 is 0. The van der Waals surface area contributed by atoms with Gasteiger partial charge in [0.2, 0.25) is 0 Å². The topological polar surface area (TPSA) is 41.6 Å². The maximum Gasteiger partial charge on any atom is 0.0948 e. The van der Waals surface area contributed by atoms with Gasteiger partial charge in [-0.15, -0.1) is 0 Å². The molecule has 1 fully saturated rings. The average molecular weight is 217 g/mol. The molecular formula is C13H19N3. The minimum absolute atomic E-state index is 0.169. The molecule has 0 saturated heterocycles. The number of aromatic nitrogens is 2. The highest BCUT2D eigenvalue weighted by Gasteiger charge is 2.30. The Kier molecular flexibility index (Phi) is 3.61. The van der Waals surface area contributed by atoms with Gasteiger partial charge in [-0.05, 0) is 25.2 Å². The fourth-order valence-corrected chi connectivity index (χ4v) is 2.85. The maximum absolute atomic E-state index is 9.19. The predicted molar refractivity (Wildman–Crippen MR) is 62.6 cm³/mol. The highest BCUT2D eigenvalue weighted by molar-refractivity contribution is 4.97. The van der Waals surface area contributed by atoms with Crippen molar-refractivity contribution in [2.75, 3.05) is 0 Å². The Morgan fingerprint density at radius 3 is 3.00 bits per heavy atom. The lowest BCUT2D eigenvalue weighted by molar-refractivity contribution is 0.211. The van der Waals surface area contributed by atoms with Gasteiger partial charge in [0.25, 0.3) is 0 Å². The smallest absolute Gasteiger partial charge is 0.0948 e. The zero-order valence-electron chi connectivity index (χ0n) is 9.84. The Bertz CT molecular complexity index is 350. The van der Waals surface area contributed by atoms with Crippen LogP contribution in [0.4, 0.5) is 0 Å². The van der Waals surface area contributed by atoms with Gasteiger partial charge in [0.05, 0.1) is 24.4 Å². The van der Waals surface area contributed by atoms with Gasteiger partial charge in [0.1, 0.15) is 0 Å². The number of nitriles is 1. The van der Waals surface area contributed by atoms with E-state index in [9.17, 15) is 5.26 Å². The zero-order chi connectivity index (χ0) is 11.4. The molecule has 1 aromatic heterocycles. The Balaban J connectivity index is 2.09. The van der Waals surface area contributed by atoms with Crippen LogP contribution in [0.3, 0.4) is 0 Å². The van der Waals surface area contributed by atoms with Crippen molar-refractivity contribution in [3.63, 3.8) is 0 Å². The molecule has 3 heteroatoms. The van der Waals surface area contributed by atoms with Crippen molar-refractivity contribution in [1.82, 2.24) is 9.55 Å². The van der Waals surface area contributed by atoms with E-state index in [4.69, 9.17) is 0 Å². The Hall–Kier alpha value is -1.30. The van der Waals surface area contributed by atoms with Crippen molar-refractivity contribution in [3.8, 4) is 6.07 Å². The number of hydrogen-bond donors (Lipinski definition) is 0. The molecule has 0 aromatic carbocycles. The molecule has 86 valence electrons. The average Bonchev–Trinajstić information content (AvgIpc) is 2.83. The van der Waals surface area contributed by atoms with E-state index in [2.05, 4.69) is 22.5 Å². The van der Waals surface area contributed by atoms with E-state index in [-0.39, 0.29) is 5.92 Å². The fourth-order valence-electron chi connectivity index (χ4n) is 2.85. The molecule has 0 radical (unpaired) electrons. The molecule has 16 heavy (non-hydrogen) atoms. The van der Waals surface area contributed by atoms with Crippen molar-refractivity contribution in [3.05, 3.63) is 18.7 Å². The van der Waals surface area contributed by atoms with Crippen LogP contribution in [0.5, 0.6) is 0 Å². The lowest BCUT2D eigenvalue weighted by Gasteiger charge is -2.33. The van der Waals surface area contributed by atoms with Crippen LogP contribution in [0.2, 0.25) is 0 Å². The molecule has 0 amide bonds. The zero-order valence-corrected chi connectivity index (χ0v) is 9.84. The number of imidazole rings is 1. The van der Waals surface area contributed by atoms with Crippen LogP contribution in [0.15, 0.2) is 18.7 Å². The molecule has 3 nitrogen and oxygen atoms in total. The van der Waals surface area contributed by atoms with E-state index in [1.54, 1.807) is 6.20 Å². The Morgan fingerprint density at radius 2 is 2.38 bits per heavy atom. The van der Waals surface area contributed by atoms with E-state index in [1.165, 1.54) is 19.3 Å². The first-order chi connectivity index (χ1) is 7.85. The van der Waals surface area contributed by atoms with Gasteiger partial charge in [0.15, 0.2) is 0 Å². The second-order valence-corrected chi connectivity index (χ2v) is 4.78. The minimum Gasteiger partial charge on any atom is -0.333 e. The van der Waals surface area contributed by atoms with Crippen LogP contribution < -0.4 is 0 Å². The summed E-state index contributed by atoms with van der Waals surface area (Å²) in [6, 6.07) is 2.80. The second-order valence-electron chi connectivity index (χ2n) is 4.78. The lowest BCUT2D eigenvalue weighted by Crippen LogP contribution is -2.26. The third-order valence-corrected chi connectivity index (χ3v) is 3.70. The van der Waals surface area contributed by atoms with Crippen molar-refractivity contribution in [1.29, 1.82) is 5.26 Å². The molecule has 1 aliphatic carbocycles. The quantitative estimate of drug-likeness (QED) is 0.780. The first kappa shape index (κ1) is 11.2. The molecule has 0 spiro atoms. The molecule has 1 aromatic rings. The van der Waals surface area contributed by atoms with Crippen molar-refractivity contribution >= 4 is 0 Å². The molecule has 0 aliphatic heterocycles. The summed E-state index contributed by atoms with van der Waals surface area (Å²) in [5.74, 6) is 0.962. The number of nitrogens with zero attached hydrogens (tertiary/aromatic N) is 3. The normalized spacial score (nSPS) is 29.9. The molecule has 0 bridgehead atoms. The van der Waals surface area contributed by atoms with E-state index < -0.39 is 0 Å². The van der Waals surface area contributed by atoms with Crippen molar-refractivity contribution < 1.29 is 0 Å². The Morgan fingerprint density at radius 1 is 1.50 bits per heavy atom. The SMILES string of the molecule is CCCC1CCC(C#N)C(n2ccnc2)C1. The summed E-state index contributed by atoms with van der Waals surface area (Å²) in [6.07, 6.45) is 11.6. The van der Waals surface area contributed by atoms with Gasteiger partial charge in [-0.25, -0.2) is 4.98 Å². The Labute approximate surface area is 97.1 Å². The molecule has 1 aliphatic rings. The first-order valence-corrected chi connectivity index (χ1v) is 6.22. The summed E-state index contributed by atoms with van der Waals surface area (Å²) in [6.45, 7) is 2.24. The second kappa shape index (κ2) is 5.16. The van der Waals surface area contributed by atoms with Gasteiger partial charge < -0.3 is 4.57 Å². The summed E-state index contributed by atoms with van der Waals surface area (Å²) in [5, 5.41) is 9.19. The molecule has 3 unspecified atom stereocenters. The summed E-state index contributed by atoms with van der Waals surface area (Å²) in [7, 11) is 0. The molecule has 2 rings (SSSR count). The van der Waals surface area contributed by atoms with Crippen molar-refractivity contribution in [2.24, 2.45) is 11.8 Å². The van der Waals surface area contributed by atoms with Crippen LogP contribution in [0.25, 0.3) is 0 Å². The van der Waals surface area contributed by atoms with Crippen LogP contribution in [-0.4, -0.2) is 9.55 Å². The first-order valence-electron chi connectivity index (χ1n) is 6.22. The van der Waals surface area contributed by atoms with E-state index in [1.807, 2.05) is 12.5 Å². The van der Waals surface area contributed by atoms with E-state index in [0.29, 0.717) is 6.04 Å². The third kappa shape index (κ3) is 2.27. The fraction of sp³-hybridized carbons (Fsp3) is 0.692. The van der Waals surface area contributed by atoms with Crippen LogP contribution in [0, 0.1) is 23.2 Å². The van der Waals surface area contributed by atoms with Gasteiger partial charge in [-0.3, -0.25) is 0 Å². The largest absolute Gasteiger partial charge is 0.333 e. The highest BCUT2D eigenvalue weighted by atomic mass is 15.1. The van der Waals surface area contributed by atoms with E-state index >= 15 is 0 Å². The maximum atomic E-state index is 9.19. The third-order valence-electron chi connectivity index (χ3n) is 3.70. The number of rotatable bonds is 3. The van der Waals surface area contributed by atoms with Crippen LogP contribution in [-0.2, 0) is 0 Å². The van der Waals surface area contributed by atoms with Crippen LogP contribution >= 0.6 is 0 Å². The summed E-state index contributed by atoms with van der Waals surface area (Å²) in [5.41, 5.74) is 0. The molecule has 1 heterocycles. The van der Waals surface area contributed by atoms with Crippen LogP contribution in [0.1, 0.15) is 45.1 Å². The van der Waals surface area contributed by atoms with Gasteiger partial charge in [-0.2, -0.15) is 5.26 Å². The standard InChI is InChI=1S/C13H19N3/c1-2-3-11-4-5-12(9-14)13(8-11)16-7-6-15-10-16/h6-7,10-13H,2-5,8H2,1H3. The van der Waals surface area contributed by atoms with Gasteiger partial charge in [0, 0.05) is 12.4 Å². The molecule has 1 saturated carbocycles. The van der Waals surface area contributed by atoms with E-state index in [0.717, 1.165) is 18.8 Å². The summed E-state index contributed by atoms with van der Waals surface area (Å²) in [4.78, 5) is 4.09. The summed E-state index contributed by atoms with van der Waals surface area (Å²) < 4.78 is 2.12. The van der Waals surface area contributed by atoms with Gasteiger partial charge in [-0.1, -0.05) is 19.8 Å².